The van der Waals surface area contributed by atoms with Crippen LogP contribution in [0.2, 0.25) is 0 Å². The first-order valence-electron chi connectivity index (χ1n) is 15.3. The van der Waals surface area contributed by atoms with Crippen molar-refractivity contribution in [1.29, 1.82) is 0 Å². The highest BCUT2D eigenvalue weighted by Gasteiger charge is 2.14. The summed E-state index contributed by atoms with van der Waals surface area (Å²) in [7, 11) is 0. The Morgan fingerprint density at radius 1 is 0.535 bits per heavy atom. The molecule has 0 aliphatic heterocycles. The van der Waals surface area contributed by atoms with Gasteiger partial charge in [-0.1, -0.05) is 141 Å². The highest BCUT2D eigenvalue weighted by molar-refractivity contribution is 6.04. The van der Waals surface area contributed by atoms with E-state index >= 15 is 0 Å². The van der Waals surface area contributed by atoms with E-state index in [2.05, 4.69) is 130 Å². The van der Waals surface area contributed by atoms with Gasteiger partial charge in [0.05, 0.1) is 0 Å². The minimum atomic E-state index is 0. The van der Waals surface area contributed by atoms with Gasteiger partial charge in [-0.25, -0.2) is 4.58 Å². The van der Waals surface area contributed by atoms with Crippen molar-refractivity contribution in [2.45, 2.75) is 127 Å². The normalized spacial score (nSPS) is 9.58. The fraction of sp³-hybridized carbons (Fsp3) is 0.537. The Morgan fingerprint density at radius 2 is 0.907 bits per heavy atom. The molecule has 0 fully saturated rings. The molecule has 0 radical (unpaired) electrons. The average Bonchev–Trinajstić information content (AvgIpc) is 3.00. The zero-order valence-corrected chi connectivity index (χ0v) is 26.9. The van der Waals surface area contributed by atoms with Crippen LogP contribution >= 0.6 is 0 Å². The van der Waals surface area contributed by atoms with Crippen LogP contribution in [-0.2, 0) is 0 Å². The molecule has 0 heterocycles. The number of hydrogen-bond donors (Lipinski definition) is 0. The average molecular weight is 600 g/mol. The smallest absolute Gasteiger partial charge is 0.199 e. The summed E-state index contributed by atoms with van der Waals surface area (Å²) in [6.07, 6.45) is 10.3. The van der Waals surface area contributed by atoms with Crippen LogP contribution in [0, 0.1) is 0 Å². The second-order valence-corrected chi connectivity index (χ2v) is 7.89. The predicted octanol–water partition coefficient (Wildman–Crippen LogP) is 13.6. The Kier molecular flexibility index (Phi) is 48.4. The lowest BCUT2D eigenvalue weighted by molar-refractivity contribution is -0.519. The lowest BCUT2D eigenvalue weighted by Gasteiger charge is -2.22. The molecule has 0 aromatic heterocycles. The van der Waals surface area contributed by atoms with E-state index in [1.165, 1.54) is 40.1 Å². The van der Waals surface area contributed by atoms with E-state index < -0.39 is 0 Å². The third-order valence-corrected chi connectivity index (χ3v) is 5.63. The Morgan fingerprint density at radius 3 is 1.26 bits per heavy atom. The van der Waals surface area contributed by atoms with Crippen molar-refractivity contribution in [3.63, 3.8) is 0 Å². The van der Waals surface area contributed by atoms with Gasteiger partial charge in [0.2, 0.25) is 0 Å². The summed E-state index contributed by atoms with van der Waals surface area (Å²) in [6, 6.07) is 19.7. The predicted molar refractivity (Wildman–Crippen MR) is 211 cm³/mol. The molecular formula is C41H79N2+. The fourth-order valence-corrected chi connectivity index (χ4v) is 3.96. The van der Waals surface area contributed by atoms with E-state index in [0.29, 0.717) is 0 Å². The summed E-state index contributed by atoms with van der Waals surface area (Å²) in [5, 5.41) is 0. The molecule has 0 saturated heterocycles. The molecule has 0 saturated carbocycles. The van der Waals surface area contributed by atoms with Crippen LogP contribution in [0.1, 0.15) is 138 Å². The van der Waals surface area contributed by atoms with Crippen molar-refractivity contribution in [3.05, 3.63) is 95.6 Å². The lowest BCUT2D eigenvalue weighted by Crippen LogP contribution is -2.21. The number of anilines is 1. The van der Waals surface area contributed by atoms with E-state index in [9.17, 15) is 0 Å². The molecule has 2 heteroatoms. The largest absolute Gasteiger partial charge is 0.372 e. The maximum Gasteiger partial charge on any atom is 0.199 e. The molecule has 0 amide bonds. The van der Waals surface area contributed by atoms with E-state index in [0.717, 1.165) is 26.2 Å². The van der Waals surface area contributed by atoms with Crippen LogP contribution in [0.15, 0.2) is 84.5 Å². The number of rotatable bonds is 7. The molecule has 0 atom stereocenters. The van der Waals surface area contributed by atoms with Gasteiger partial charge >= 0.3 is 0 Å². The maximum absolute atomic E-state index is 2.38. The summed E-state index contributed by atoms with van der Waals surface area (Å²) >= 11 is 0. The summed E-state index contributed by atoms with van der Waals surface area (Å²) in [6.45, 7) is 29.2. The third kappa shape index (κ3) is 19.1. The molecule has 252 valence electrons. The van der Waals surface area contributed by atoms with Gasteiger partial charge < -0.3 is 4.90 Å². The Labute approximate surface area is 274 Å². The second-order valence-electron chi connectivity index (χ2n) is 7.89. The second kappa shape index (κ2) is 37.2. The SMILES string of the molecule is C.C.C.C.C.CC.CC.CC.CCC.CCN(CC)c1ccc(C(=C2C=CC(=[N+](CC)CC)C=C2)c2ccccc2)cc1. The molecular weight excluding hydrogens is 520 g/mol. The van der Waals surface area contributed by atoms with Gasteiger partial charge in [0.15, 0.2) is 5.71 Å². The number of nitrogens with zero attached hydrogens (tertiary/aromatic N) is 2. The summed E-state index contributed by atoms with van der Waals surface area (Å²) < 4.78 is 2.38. The monoisotopic (exact) mass is 600 g/mol. The van der Waals surface area contributed by atoms with Crippen LogP contribution in [0.5, 0.6) is 0 Å². The molecule has 0 unspecified atom stereocenters. The van der Waals surface area contributed by atoms with Crippen molar-refractivity contribution in [2.24, 2.45) is 0 Å². The minimum absolute atomic E-state index is 0. The Balaban J connectivity index is -0.000000168. The van der Waals surface area contributed by atoms with Crippen LogP contribution in [0.4, 0.5) is 5.69 Å². The maximum atomic E-state index is 2.38. The number of allylic oxidation sites excluding steroid dienone is 5. The molecule has 1 aliphatic rings. The van der Waals surface area contributed by atoms with Gasteiger partial charge in [-0.15, -0.1) is 0 Å². The summed E-state index contributed by atoms with van der Waals surface area (Å²) in [4.78, 5) is 2.38. The van der Waals surface area contributed by atoms with Crippen LogP contribution in [0.25, 0.3) is 5.57 Å². The molecule has 3 rings (SSSR count). The first kappa shape index (κ1) is 56.0. The molecule has 1 aliphatic carbocycles. The lowest BCUT2D eigenvalue weighted by atomic mass is 9.90. The zero-order valence-electron chi connectivity index (χ0n) is 26.9. The van der Waals surface area contributed by atoms with Gasteiger partial charge in [-0.05, 0) is 74.3 Å². The molecule has 2 aromatic rings. The fourth-order valence-electron chi connectivity index (χ4n) is 3.96. The molecule has 0 bridgehead atoms. The topological polar surface area (TPSA) is 6.25 Å². The van der Waals surface area contributed by atoms with E-state index in [1.807, 2.05) is 41.5 Å². The molecule has 43 heavy (non-hydrogen) atoms. The van der Waals surface area contributed by atoms with Crippen molar-refractivity contribution < 1.29 is 4.58 Å². The molecule has 2 aromatic carbocycles. The van der Waals surface area contributed by atoms with Gasteiger partial charge in [-0.2, -0.15) is 0 Å². The molecule has 2 nitrogen and oxygen atoms in total. The van der Waals surface area contributed by atoms with Crippen molar-refractivity contribution >= 4 is 17.0 Å². The van der Waals surface area contributed by atoms with Crippen LogP contribution < -0.4 is 4.90 Å². The zero-order chi connectivity index (χ0) is 29.3. The highest BCUT2D eigenvalue weighted by Crippen LogP contribution is 2.31. The molecule has 0 N–H and O–H groups in total. The van der Waals surface area contributed by atoms with Gasteiger partial charge in [-0.3, -0.25) is 0 Å². The van der Waals surface area contributed by atoms with Gasteiger partial charge in [0, 0.05) is 30.9 Å². The van der Waals surface area contributed by atoms with E-state index in [-0.39, 0.29) is 37.1 Å². The molecule has 0 spiro atoms. The van der Waals surface area contributed by atoms with Crippen LogP contribution in [0.3, 0.4) is 0 Å². The minimum Gasteiger partial charge on any atom is -0.372 e. The van der Waals surface area contributed by atoms with Crippen molar-refractivity contribution in [1.82, 2.24) is 0 Å². The first-order valence-corrected chi connectivity index (χ1v) is 15.3. The quantitative estimate of drug-likeness (QED) is 0.287. The van der Waals surface area contributed by atoms with Gasteiger partial charge in [0.25, 0.3) is 0 Å². The van der Waals surface area contributed by atoms with Crippen molar-refractivity contribution in [2.75, 3.05) is 31.1 Å². The van der Waals surface area contributed by atoms with Crippen LogP contribution in [-0.4, -0.2) is 36.5 Å². The first-order chi connectivity index (χ1) is 18.6. The Hall–Kier alpha value is -2.87. The summed E-state index contributed by atoms with van der Waals surface area (Å²) in [5.41, 5.74) is 7.60. The van der Waals surface area contributed by atoms with Gasteiger partial charge in [0.1, 0.15) is 13.1 Å². The van der Waals surface area contributed by atoms with E-state index in [4.69, 9.17) is 0 Å². The summed E-state index contributed by atoms with van der Waals surface area (Å²) in [5.74, 6) is 0. The standard InChI is InChI=1S/C27H33N2.C3H8.3C2H6.5CH4/c1-5-28(6-2)25-18-14-23(15-19-25)27(22-12-10-9-11-13-22)24-16-20-26(21-17-24)29(7-3)8-4;1-3-2;3*1-2;;;;;/h9-21H,5-8H2,1-4H3;3H2,1-2H3;3*1-2H3;5*1H4/q+1;;;;;;;;;. The number of hydrogen-bond acceptors (Lipinski definition) is 1. The Bertz CT molecular complexity index is 917. The van der Waals surface area contributed by atoms with Crippen molar-refractivity contribution in [3.8, 4) is 0 Å². The number of benzene rings is 2. The third-order valence-electron chi connectivity index (χ3n) is 5.63. The van der Waals surface area contributed by atoms with E-state index in [1.54, 1.807) is 0 Å². The highest BCUT2D eigenvalue weighted by atomic mass is 15.1.